The van der Waals surface area contributed by atoms with Crippen molar-refractivity contribution in [2.24, 2.45) is 5.41 Å². The molecule has 0 aromatic carbocycles. The number of hydrogen-bond donors (Lipinski definition) is 1. The number of pyridine rings is 1. The lowest BCUT2D eigenvalue weighted by Gasteiger charge is -2.33. The van der Waals surface area contributed by atoms with Gasteiger partial charge in [0.2, 0.25) is 5.95 Å². The number of aromatic nitrogens is 1. The van der Waals surface area contributed by atoms with Crippen LogP contribution in [0.25, 0.3) is 0 Å². The third kappa shape index (κ3) is 2.92. The summed E-state index contributed by atoms with van der Waals surface area (Å²) in [7, 11) is 0. The Kier molecular flexibility index (Phi) is 3.39. The molecule has 3 nitrogen and oxygen atoms in total. The Balaban J connectivity index is 1.91. The number of ether oxygens (including phenoxy) is 1. The molecule has 1 fully saturated rings. The van der Waals surface area contributed by atoms with Gasteiger partial charge in [-0.2, -0.15) is 4.39 Å². The zero-order valence-electron chi connectivity index (χ0n) is 9.50. The molecule has 1 aliphatic rings. The first-order valence-corrected chi connectivity index (χ1v) is 5.61. The maximum absolute atomic E-state index is 12.9. The van der Waals surface area contributed by atoms with E-state index >= 15 is 0 Å². The standard InChI is InChI=1S/C12H17FN2O/c1-12(3-6-16-7-4-12)9-15-10-2-5-14-11(13)8-10/h2,5,8H,3-4,6-7,9H2,1H3,(H,14,15). The molecule has 0 amide bonds. The highest BCUT2D eigenvalue weighted by molar-refractivity contribution is 5.41. The Morgan fingerprint density at radius 1 is 1.50 bits per heavy atom. The van der Waals surface area contributed by atoms with Crippen molar-refractivity contribution in [2.45, 2.75) is 19.8 Å². The van der Waals surface area contributed by atoms with Crippen LogP contribution in [-0.2, 0) is 4.74 Å². The van der Waals surface area contributed by atoms with Crippen LogP contribution >= 0.6 is 0 Å². The van der Waals surface area contributed by atoms with Crippen molar-refractivity contribution >= 4 is 5.69 Å². The molecule has 0 bridgehead atoms. The van der Waals surface area contributed by atoms with Crippen molar-refractivity contribution in [3.05, 3.63) is 24.3 Å². The van der Waals surface area contributed by atoms with Gasteiger partial charge in [0.15, 0.2) is 0 Å². The summed E-state index contributed by atoms with van der Waals surface area (Å²) >= 11 is 0. The van der Waals surface area contributed by atoms with Crippen LogP contribution < -0.4 is 5.32 Å². The lowest BCUT2D eigenvalue weighted by atomic mass is 9.82. The fourth-order valence-electron chi connectivity index (χ4n) is 1.87. The van der Waals surface area contributed by atoms with E-state index in [4.69, 9.17) is 4.74 Å². The van der Waals surface area contributed by atoms with Gasteiger partial charge < -0.3 is 10.1 Å². The topological polar surface area (TPSA) is 34.2 Å². The van der Waals surface area contributed by atoms with Crippen molar-refractivity contribution in [3.8, 4) is 0 Å². The van der Waals surface area contributed by atoms with Gasteiger partial charge in [-0.25, -0.2) is 4.98 Å². The van der Waals surface area contributed by atoms with Crippen molar-refractivity contribution in [2.75, 3.05) is 25.1 Å². The van der Waals surface area contributed by atoms with Crippen molar-refractivity contribution in [3.63, 3.8) is 0 Å². The summed E-state index contributed by atoms with van der Waals surface area (Å²) in [6, 6.07) is 3.20. The number of rotatable bonds is 3. The van der Waals surface area contributed by atoms with Gasteiger partial charge in [-0.3, -0.25) is 0 Å². The monoisotopic (exact) mass is 224 g/mol. The van der Waals surface area contributed by atoms with Crippen LogP contribution in [0.5, 0.6) is 0 Å². The molecule has 1 N–H and O–H groups in total. The van der Waals surface area contributed by atoms with E-state index in [1.54, 1.807) is 6.07 Å². The van der Waals surface area contributed by atoms with Crippen LogP contribution in [0.3, 0.4) is 0 Å². The summed E-state index contributed by atoms with van der Waals surface area (Å²) < 4.78 is 18.2. The summed E-state index contributed by atoms with van der Waals surface area (Å²) in [6.07, 6.45) is 3.57. The van der Waals surface area contributed by atoms with E-state index in [0.717, 1.165) is 38.3 Å². The molecule has 0 atom stereocenters. The Hall–Kier alpha value is -1.16. The minimum Gasteiger partial charge on any atom is -0.384 e. The third-order valence-electron chi connectivity index (χ3n) is 3.15. The number of anilines is 1. The van der Waals surface area contributed by atoms with E-state index in [1.165, 1.54) is 12.3 Å². The van der Waals surface area contributed by atoms with E-state index < -0.39 is 5.95 Å². The first-order chi connectivity index (χ1) is 7.68. The Morgan fingerprint density at radius 2 is 2.25 bits per heavy atom. The Morgan fingerprint density at radius 3 is 2.94 bits per heavy atom. The summed E-state index contributed by atoms with van der Waals surface area (Å²) in [5.74, 6) is -0.442. The predicted octanol–water partition coefficient (Wildman–Crippen LogP) is 2.45. The fourth-order valence-corrected chi connectivity index (χ4v) is 1.87. The summed E-state index contributed by atoms with van der Waals surface area (Å²) in [5, 5.41) is 3.26. The van der Waals surface area contributed by atoms with Crippen molar-refractivity contribution in [1.82, 2.24) is 4.98 Å². The minimum absolute atomic E-state index is 0.248. The van der Waals surface area contributed by atoms with Gasteiger partial charge >= 0.3 is 0 Å². The lowest BCUT2D eigenvalue weighted by Crippen LogP contribution is -2.33. The highest BCUT2D eigenvalue weighted by Gasteiger charge is 2.26. The summed E-state index contributed by atoms with van der Waals surface area (Å²) in [5.41, 5.74) is 1.04. The SMILES string of the molecule is CC1(CNc2ccnc(F)c2)CCOCC1. The van der Waals surface area contributed by atoms with Crippen molar-refractivity contribution in [1.29, 1.82) is 0 Å². The zero-order valence-corrected chi connectivity index (χ0v) is 9.50. The number of nitrogens with zero attached hydrogens (tertiary/aromatic N) is 1. The van der Waals surface area contributed by atoms with Crippen LogP contribution in [0.4, 0.5) is 10.1 Å². The van der Waals surface area contributed by atoms with Gasteiger partial charge in [0.1, 0.15) is 0 Å². The molecule has 88 valence electrons. The summed E-state index contributed by atoms with van der Waals surface area (Å²) in [6.45, 7) is 4.73. The molecule has 1 aromatic rings. The maximum atomic E-state index is 12.9. The molecular formula is C12H17FN2O. The van der Waals surface area contributed by atoms with Gasteiger partial charge in [0.05, 0.1) is 0 Å². The average molecular weight is 224 g/mol. The number of hydrogen-bond acceptors (Lipinski definition) is 3. The van der Waals surface area contributed by atoms with Crippen LogP contribution in [0.2, 0.25) is 0 Å². The van der Waals surface area contributed by atoms with E-state index in [2.05, 4.69) is 17.2 Å². The molecule has 0 spiro atoms. The second-order valence-corrected chi connectivity index (χ2v) is 4.64. The largest absolute Gasteiger partial charge is 0.384 e. The van der Waals surface area contributed by atoms with E-state index in [1.807, 2.05) is 0 Å². The molecule has 2 rings (SSSR count). The average Bonchev–Trinajstić information content (AvgIpc) is 2.28. The molecule has 2 heterocycles. The molecule has 4 heteroatoms. The second kappa shape index (κ2) is 4.78. The highest BCUT2D eigenvalue weighted by atomic mass is 19.1. The molecule has 1 aliphatic heterocycles. The van der Waals surface area contributed by atoms with Gasteiger partial charge in [0, 0.05) is 37.7 Å². The van der Waals surface area contributed by atoms with Crippen LogP contribution in [0.15, 0.2) is 18.3 Å². The van der Waals surface area contributed by atoms with E-state index in [-0.39, 0.29) is 5.41 Å². The molecule has 0 saturated carbocycles. The molecule has 1 aromatic heterocycles. The third-order valence-corrected chi connectivity index (χ3v) is 3.15. The molecule has 0 aliphatic carbocycles. The number of halogens is 1. The van der Waals surface area contributed by atoms with Crippen LogP contribution in [0.1, 0.15) is 19.8 Å². The van der Waals surface area contributed by atoms with E-state index in [9.17, 15) is 4.39 Å². The van der Waals surface area contributed by atoms with E-state index in [0.29, 0.717) is 0 Å². The minimum atomic E-state index is -0.442. The Labute approximate surface area is 95.0 Å². The van der Waals surface area contributed by atoms with Gasteiger partial charge in [0.25, 0.3) is 0 Å². The van der Waals surface area contributed by atoms with Crippen LogP contribution in [-0.4, -0.2) is 24.7 Å². The van der Waals surface area contributed by atoms with Gasteiger partial charge in [-0.15, -0.1) is 0 Å². The molecule has 0 radical (unpaired) electrons. The quantitative estimate of drug-likeness (QED) is 0.801. The molecular weight excluding hydrogens is 207 g/mol. The molecule has 16 heavy (non-hydrogen) atoms. The highest BCUT2D eigenvalue weighted by Crippen LogP contribution is 2.29. The molecule has 0 unspecified atom stereocenters. The molecule has 1 saturated heterocycles. The summed E-state index contributed by atoms with van der Waals surface area (Å²) in [4.78, 5) is 3.53. The van der Waals surface area contributed by atoms with Crippen molar-refractivity contribution < 1.29 is 9.13 Å². The predicted molar refractivity (Wildman–Crippen MR) is 60.8 cm³/mol. The maximum Gasteiger partial charge on any atom is 0.214 e. The number of nitrogens with one attached hydrogen (secondary N) is 1. The van der Waals surface area contributed by atoms with Gasteiger partial charge in [-0.05, 0) is 24.3 Å². The zero-order chi connectivity index (χ0) is 11.4. The smallest absolute Gasteiger partial charge is 0.214 e. The first kappa shape index (κ1) is 11.3. The van der Waals surface area contributed by atoms with Crippen LogP contribution in [0, 0.1) is 11.4 Å². The normalized spacial score (nSPS) is 19.4. The lowest BCUT2D eigenvalue weighted by molar-refractivity contribution is 0.0300. The van der Waals surface area contributed by atoms with Gasteiger partial charge in [-0.1, -0.05) is 6.92 Å². The fraction of sp³-hybridized carbons (Fsp3) is 0.583. The first-order valence-electron chi connectivity index (χ1n) is 5.61. The second-order valence-electron chi connectivity index (χ2n) is 4.64. The Bertz CT molecular complexity index is 351.